The second-order valence-electron chi connectivity index (χ2n) is 21.6. The van der Waals surface area contributed by atoms with Crippen LogP contribution in [0, 0.1) is 0 Å². The van der Waals surface area contributed by atoms with Crippen LogP contribution in [0.5, 0.6) is 0 Å². The second-order valence-corrected chi connectivity index (χ2v) is 21.6. The van der Waals surface area contributed by atoms with Crippen LogP contribution in [0.15, 0.2) is 122 Å². The third-order valence-corrected chi connectivity index (χ3v) is 13.9. The molecule has 0 N–H and O–H groups in total. The molecule has 0 spiro atoms. The van der Waals surface area contributed by atoms with Gasteiger partial charge in [0.05, 0.1) is 0 Å². The average molecular weight is 1100 g/mol. The highest BCUT2D eigenvalue weighted by Crippen LogP contribution is 2.16. The first-order valence-corrected chi connectivity index (χ1v) is 33.0. The lowest BCUT2D eigenvalue weighted by molar-refractivity contribution is -0.167. The van der Waals surface area contributed by atoms with E-state index >= 15 is 0 Å². The number of rotatable bonds is 59. The van der Waals surface area contributed by atoms with Gasteiger partial charge in [0.1, 0.15) is 13.2 Å². The zero-order valence-corrected chi connectivity index (χ0v) is 51.6. The Labute approximate surface area is 488 Å². The number of carbonyl (C=O) groups is 3. The molecule has 0 aromatic rings. The number of hydrogen-bond donors (Lipinski definition) is 0. The van der Waals surface area contributed by atoms with Crippen molar-refractivity contribution < 1.29 is 28.6 Å². The number of carbonyl (C=O) groups excluding carboxylic acids is 3. The summed E-state index contributed by atoms with van der Waals surface area (Å²) in [5, 5.41) is 0. The van der Waals surface area contributed by atoms with Crippen molar-refractivity contribution in [2.75, 3.05) is 13.2 Å². The fraction of sp³-hybridized carbons (Fsp3) is 0.685. The number of allylic oxidation sites excluding steroid dienone is 20. The molecule has 6 heteroatoms. The molecular formula is C73H122O6. The molecule has 0 fully saturated rings. The van der Waals surface area contributed by atoms with Gasteiger partial charge < -0.3 is 14.2 Å². The normalized spacial score (nSPS) is 12.9. The molecule has 0 radical (unpaired) electrons. The van der Waals surface area contributed by atoms with Crippen LogP contribution in [0.2, 0.25) is 0 Å². The van der Waals surface area contributed by atoms with Gasteiger partial charge in [0, 0.05) is 19.3 Å². The fourth-order valence-corrected chi connectivity index (χ4v) is 9.04. The summed E-state index contributed by atoms with van der Waals surface area (Å²) in [6, 6.07) is 0. The number of esters is 3. The van der Waals surface area contributed by atoms with E-state index in [0.717, 1.165) is 148 Å². The molecule has 0 bridgehead atoms. The maximum atomic E-state index is 12.9. The highest BCUT2D eigenvalue weighted by molar-refractivity contribution is 5.71. The summed E-state index contributed by atoms with van der Waals surface area (Å²) >= 11 is 0. The van der Waals surface area contributed by atoms with Crippen molar-refractivity contribution in [1.82, 2.24) is 0 Å². The van der Waals surface area contributed by atoms with Gasteiger partial charge in [-0.25, -0.2) is 0 Å². The Morgan fingerprint density at radius 1 is 0.266 bits per heavy atom. The molecule has 0 aliphatic rings. The Bertz CT molecular complexity index is 1640. The minimum Gasteiger partial charge on any atom is -0.462 e. The summed E-state index contributed by atoms with van der Waals surface area (Å²) < 4.78 is 16.9. The first-order chi connectivity index (χ1) is 39.0. The van der Waals surface area contributed by atoms with E-state index in [1.165, 1.54) is 116 Å². The highest BCUT2D eigenvalue weighted by atomic mass is 16.6. The van der Waals surface area contributed by atoms with Crippen molar-refractivity contribution in [1.29, 1.82) is 0 Å². The van der Waals surface area contributed by atoms with Crippen molar-refractivity contribution in [3.8, 4) is 0 Å². The van der Waals surface area contributed by atoms with E-state index in [1.54, 1.807) is 0 Å². The van der Waals surface area contributed by atoms with Crippen LogP contribution in [0.1, 0.15) is 303 Å². The molecule has 1 unspecified atom stereocenters. The predicted octanol–water partition coefficient (Wildman–Crippen LogP) is 22.8. The standard InChI is InChI=1S/C73H122O6/c1-4-7-10-13-16-19-22-25-28-31-34-36-39-42-45-48-51-54-57-60-63-66-72(75)78-69-70(68-77-71(74)65-62-59-56-53-50-47-44-41-38-33-30-27-24-21-18-15-12-9-6-3)79-73(76)67-64-61-58-55-52-49-46-43-40-37-35-32-29-26-23-20-17-14-11-8-5-2/h7,9-10,12,16,18-19,21,25,27-28,30,32,34-36,38,41-42,45,70H,4-6,8,11,13-15,17,20,22-24,26,29,31,33,37,39-40,43-44,46-69H2,1-3H3/b10-7-,12-9-,19-16-,21-18-,28-25-,30-27-,35-32-,36-34-,41-38-,45-42-. The second kappa shape index (κ2) is 66.3. The quantitative estimate of drug-likeness (QED) is 0.0261. The molecule has 0 aromatic carbocycles. The number of ether oxygens (including phenoxy) is 3. The topological polar surface area (TPSA) is 78.9 Å². The van der Waals surface area contributed by atoms with E-state index in [0.29, 0.717) is 19.3 Å². The third-order valence-electron chi connectivity index (χ3n) is 13.9. The molecule has 0 amide bonds. The van der Waals surface area contributed by atoms with Gasteiger partial charge in [-0.1, -0.05) is 277 Å². The lowest BCUT2D eigenvalue weighted by Crippen LogP contribution is -2.30. The summed E-state index contributed by atoms with van der Waals surface area (Å²) in [5.41, 5.74) is 0. The van der Waals surface area contributed by atoms with Gasteiger partial charge in [0.15, 0.2) is 6.10 Å². The molecule has 1 atom stereocenters. The Morgan fingerprint density at radius 2 is 0.494 bits per heavy atom. The Morgan fingerprint density at radius 3 is 0.785 bits per heavy atom. The van der Waals surface area contributed by atoms with Crippen LogP contribution in [0.25, 0.3) is 0 Å². The average Bonchev–Trinajstić information content (AvgIpc) is 3.45. The van der Waals surface area contributed by atoms with Crippen LogP contribution in [-0.4, -0.2) is 37.2 Å². The SMILES string of the molecule is CC/C=C\C/C=C\C/C=C\C/C=C\C/C=C\CCCCCCCC(=O)OCC(COC(=O)CCCCCCCC/C=C\C/C=C\C/C=C\C/C=C\CC)OC(=O)CCCCCCCCCCC/C=C\CCCCCCCCCC. The van der Waals surface area contributed by atoms with E-state index in [9.17, 15) is 14.4 Å². The van der Waals surface area contributed by atoms with Gasteiger partial charge in [-0.15, -0.1) is 0 Å². The summed E-state index contributed by atoms with van der Waals surface area (Å²) in [6.45, 7) is 6.41. The monoisotopic (exact) mass is 1090 g/mol. The first-order valence-electron chi connectivity index (χ1n) is 33.0. The molecule has 0 rings (SSSR count). The van der Waals surface area contributed by atoms with Crippen LogP contribution >= 0.6 is 0 Å². The lowest BCUT2D eigenvalue weighted by Gasteiger charge is -2.18. The maximum absolute atomic E-state index is 12.9. The first kappa shape index (κ1) is 74.8. The summed E-state index contributed by atoms with van der Waals surface area (Å²) in [5.74, 6) is -0.921. The molecule has 6 nitrogen and oxygen atoms in total. The smallest absolute Gasteiger partial charge is 0.306 e. The van der Waals surface area contributed by atoms with Crippen LogP contribution < -0.4 is 0 Å². The highest BCUT2D eigenvalue weighted by Gasteiger charge is 2.19. The van der Waals surface area contributed by atoms with E-state index in [-0.39, 0.29) is 31.1 Å². The summed E-state index contributed by atoms with van der Waals surface area (Å²) in [7, 11) is 0. The molecule has 450 valence electrons. The summed E-state index contributed by atoms with van der Waals surface area (Å²) in [4.78, 5) is 38.4. The van der Waals surface area contributed by atoms with E-state index < -0.39 is 6.10 Å². The Hall–Kier alpha value is -4.19. The third kappa shape index (κ3) is 64.5. The molecule has 0 saturated carbocycles. The molecular weight excluding hydrogens is 973 g/mol. The van der Waals surface area contributed by atoms with Crippen LogP contribution in [0.3, 0.4) is 0 Å². The van der Waals surface area contributed by atoms with Gasteiger partial charge in [-0.05, 0) is 128 Å². The number of hydrogen-bond acceptors (Lipinski definition) is 6. The minimum atomic E-state index is -0.799. The molecule has 0 saturated heterocycles. The zero-order chi connectivity index (χ0) is 57.1. The fourth-order valence-electron chi connectivity index (χ4n) is 9.04. The van der Waals surface area contributed by atoms with E-state index in [1.807, 2.05) is 0 Å². The molecule has 79 heavy (non-hydrogen) atoms. The molecule has 0 aromatic heterocycles. The van der Waals surface area contributed by atoms with E-state index in [2.05, 4.69) is 142 Å². The van der Waals surface area contributed by atoms with Crippen molar-refractivity contribution >= 4 is 17.9 Å². The lowest BCUT2D eigenvalue weighted by atomic mass is 10.1. The predicted molar refractivity (Wildman–Crippen MR) is 343 cm³/mol. The minimum absolute atomic E-state index is 0.0946. The Kier molecular flexibility index (Phi) is 62.8. The van der Waals surface area contributed by atoms with Crippen LogP contribution in [-0.2, 0) is 28.6 Å². The molecule has 0 aliphatic heterocycles. The zero-order valence-electron chi connectivity index (χ0n) is 51.6. The Balaban J connectivity index is 4.46. The molecule has 0 aliphatic carbocycles. The van der Waals surface area contributed by atoms with Gasteiger partial charge in [-0.2, -0.15) is 0 Å². The van der Waals surface area contributed by atoms with Crippen molar-refractivity contribution in [2.45, 2.75) is 309 Å². The number of unbranched alkanes of at least 4 members (excludes halogenated alkanes) is 28. The van der Waals surface area contributed by atoms with Crippen LogP contribution in [0.4, 0.5) is 0 Å². The van der Waals surface area contributed by atoms with Gasteiger partial charge in [0.2, 0.25) is 0 Å². The van der Waals surface area contributed by atoms with Crippen molar-refractivity contribution in [3.63, 3.8) is 0 Å². The largest absolute Gasteiger partial charge is 0.462 e. The van der Waals surface area contributed by atoms with Crippen molar-refractivity contribution in [2.24, 2.45) is 0 Å². The summed E-state index contributed by atoms with van der Waals surface area (Å²) in [6.07, 6.45) is 92.0. The van der Waals surface area contributed by atoms with Gasteiger partial charge in [0.25, 0.3) is 0 Å². The molecule has 0 heterocycles. The van der Waals surface area contributed by atoms with Gasteiger partial charge >= 0.3 is 17.9 Å². The van der Waals surface area contributed by atoms with Crippen molar-refractivity contribution in [3.05, 3.63) is 122 Å². The van der Waals surface area contributed by atoms with Gasteiger partial charge in [-0.3, -0.25) is 14.4 Å². The van der Waals surface area contributed by atoms with E-state index in [4.69, 9.17) is 14.2 Å². The maximum Gasteiger partial charge on any atom is 0.306 e.